The van der Waals surface area contributed by atoms with Gasteiger partial charge in [0.15, 0.2) is 0 Å². The maximum absolute atomic E-state index is 11.5. The first-order chi connectivity index (χ1) is 7.61. The van der Waals surface area contributed by atoms with E-state index in [0.717, 1.165) is 19.0 Å². The molecule has 2 atom stereocenters. The van der Waals surface area contributed by atoms with E-state index >= 15 is 0 Å². The van der Waals surface area contributed by atoms with Crippen LogP contribution >= 0.6 is 0 Å². The summed E-state index contributed by atoms with van der Waals surface area (Å²) >= 11 is 0. The predicted octanol–water partition coefficient (Wildman–Crippen LogP) is 1.88. The van der Waals surface area contributed by atoms with Gasteiger partial charge in [-0.15, -0.1) is 0 Å². The summed E-state index contributed by atoms with van der Waals surface area (Å²) < 4.78 is 0. The molecule has 0 heterocycles. The van der Waals surface area contributed by atoms with Crippen molar-refractivity contribution in [1.29, 1.82) is 0 Å². The van der Waals surface area contributed by atoms with Gasteiger partial charge in [-0.2, -0.15) is 0 Å². The van der Waals surface area contributed by atoms with Crippen LogP contribution in [0, 0.1) is 11.8 Å². The van der Waals surface area contributed by atoms with Crippen molar-refractivity contribution in [1.82, 2.24) is 10.2 Å². The lowest BCUT2D eigenvalue weighted by atomic mass is 9.91. The number of amides is 1. The van der Waals surface area contributed by atoms with Crippen molar-refractivity contribution in [2.75, 3.05) is 20.1 Å². The molecule has 3 heteroatoms. The molecule has 0 saturated heterocycles. The summed E-state index contributed by atoms with van der Waals surface area (Å²) in [4.78, 5) is 13.6. The van der Waals surface area contributed by atoms with E-state index in [4.69, 9.17) is 0 Å². The maximum atomic E-state index is 11.5. The fourth-order valence-corrected chi connectivity index (χ4v) is 2.73. The van der Waals surface area contributed by atoms with Gasteiger partial charge in [-0.25, -0.2) is 0 Å². The second-order valence-corrected chi connectivity index (χ2v) is 4.94. The van der Waals surface area contributed by atoms with Crippen molar-refractivity contribution in [3.05, 3.63) is 0 Å². The Kier molecular flexibility index (Phi) is 5.26. The normalized spacial score (nSPS) is 19.2. The molecule has 0 bridgehead atoms. The molecule has 0 aromatic carbocycles. The van der Waals surface area contributed by atoms with Crippen LogP contribution in [0.2, 0.25) is 0 Å². The van der Waals surface area contributed by atoms with Crippen LogP contribution in [-0.2, 0) is 4.79 Å². The molecule has 1 saturated carbocycles. The Labute approximate surface area is 99.6 Å². The number of rotatable bonds is 7. The Morgan fingerprint density at radius 3 is 2.50 bits per heavy atom. The second-order valence-electron chi connectivity index (χ2n) is 4.94. The number of hydrogen-bond donors (Lipinski definition) is 1. The van der Waals surface area contributed by atoms with Gasteiger partial charge in [0, 0.05) is 19.5 Å². The minimum Gasteiger partial charge on any atom is -0.340 e. The van der Waals surface area contributed by atoms with Crippen molar-refractivity contribution in [3.8, 4) is 0 Å². The Hall–Kier alpha value is -0.570. The van der Waals surface area contributed by atoms with E-state index in [-0.39, 0.29) is 5.91 Å². The lowest BCUT2D eigenvalue weighted by Gasteiger charge is -2.34. The van der Waals surface area contributed by atoms with Crippen LogP contribution in [0.3, 0.4) is 0 Å². The number of nitrogens with zero attached hydrogens (tertiary/aromatic N) is 1. The van der Waals surface area contributed by atoms with Gasteiger partial charge in [-0.1, -0.05) is 0 Å². The molecule has 0 aromatic heterocycles. The van der Waals surface area contributed by atoms with Crippen molar-refractivity contribution in [2.45, 2.75) is 46.1 Å². The van der Waals surface area contributed by atoms with E-state index in [1.807, 2.05) is 11.9 Å². The molecule has 16 heavy (non-hydrogen) atoms. The summed E-state index contributed by atoms with van der Waals surface area (Å²) in [5.41, 5.74) is 0. The van der Waals surface area contributed by atoms with Crippen molar-refractivity contribution >= 4 is 5.91 Å². The van der Waals surface area contributed by atoms with E-state index in [1.165, 1.54) is 19.3 Å². The van der Waals surface area contributed by atoms with Gasteiger partial charge >= 0.3 is 0 Å². The highest BCUT2D eigenvalue weighted by molar-refractivity contribution is 5.73. The summed E-state index contributed by atoms with van der Waals surface area (Å²) in [6, 6.07) is 0.392. The third-order valence-electron chi connectivity index (χ3n) is 3.81. The zero-order valence-electron chi connectivity index (χ0n) is 11.1. The van der Waals surface area contributed by atoms with Gasteiger partial charge in [0.25, 0.3) is 0 Å². The lowest BCUT2D eigenvalue weighted by molar-refractivity contribution is -0.131. The van der Waals surface area contributed by atoms with Crippen molar-refractivity contribution in [2.24, 2.45) is 11.8 Å². The molecule has 0 aliphatic heterocycles. The lowest BCUT2D eigenvalue weighted by Crippen LogP contribution is -2.43. The first kappa shape index (κ1) is 13.5. The van der Waals surface area contributed by atoms with E-state index < -0.39 is 0 Å². The van der Waals surface area contributed by atoms with Gasteiger partial charge in [-0.05, 0) is 58.5 Å². The monoisotopic (exact) mass is 226 g/mol. The maximum Gasteiger partial charge on any atom is 0.219 e. The number of carbonyl (C=O) groups excluding carboxylic acids is 1. The molecule has 1 amide bonds. The zero-order chi connectivity index (χ0) is 12.1. The van der Waals surface area contributed by atoms with Crippen LogP contribution in [0.5, 0.6) is 0 Å². The Morgan fingerprint density at radius 2 is 2.12 bits per heavy atom. The summed E-state index contributed by atoms with van der Waals surface area (Å²) in [6.45, 7) is 7.85. The van der Waals surface area contributed by atoms with E-state index in [0.29, 0.717) is 12.0 Å². The highest BCUT2D eigenvalue weighted by Gasteiger charge is 2.36. The molecule has 1 aliphatic rings. The van der Waals surface area contributed by atoms with Gasteiger partial charge < -0.3 is 10.2 Å². The molecule has 1 aliphatic carbocycles. The van der Waals surface area contributed by atoms with E-state index in [2.05, 4.69) is 19.2 Å². The van der Waals surface area contributed by atoms with Gasteiger partial charge in [0.05, 0.1) is 0 Å². The summed E-state index contributed by atoms with van der Waals surface area (Å²) in [6.07, 6.45) is 3.90. The predicted molar refractivity (Wildman–Crippen MR) is 67.3 cm³/mol. The second kappa shape index (κ2) is 6.24. The van der Waals surface area contributed by atoms with Crippen LogP contribution in [0.4, 0.5) is 0 Å². The molecule has 1 rings (SSSR count). The molecule has 0 aromatic rings. The van der Waals surface area contributed by atoms with Crippen LogP contribution in [0.25, 0.3) is 0 Å². The molecule has 0 spiro atoms. The minimum atomic E-state index is 0.213. The topological polar surface area (TPSA) is 32.3 Å². The molecule has 1 fully saturated rings. The van der Waals surface area contributed by atoms with Gasteiger partial charge in [0.1, 0.15) is 0 Å². The fraction of sp³-hybridized carbons (Fsp3) is 0.923. The smallest absolute Gasteiger partial charge is 0.219 e. The fourth-order valence-electron chi connectivity index (χ4n) is 2.73. The third kappa shape index (κ3) is 3.48. The van der Waals surface area contributed by atoms with Gasteiger partial charge in [-0.3, -0.25) is 4.79 Å². The molecule has 1 N–H and O–H groups in total. The molecule has 3 nitrogen and oxygen atoms in total. The Balaban J connectivity index is 2.57. The quantitative estimate of drug-likeness (QED) is 0.719. The summed E-state index contributed by atoms with van der Waals surface area (Å²) in [5, 5.41) is 3.22. The van der Waals surface area contributed by atoms with Crippen molar-refractivity contribution in [3.63, 3.8) is 0 Å². The summed E-state index contributed by atoms with van der Waals surface area (Å²) in [5.74, 6) is 1.75. The molecule has 94 valence electrons. The first-order valence-corrected chi connectivity index (χ1v) is 6.53. The Bertz CT molecular complexity index is 226. The molecular formula is C13H26N2O. The van der Waals surface area contributed by atoms with Crippen LogP contribution in [0.1, 0.15) is 40.0 Å². The number of hydrogen-bond acceptors (Lipinski definition) is 2. The first-order valence-electron chi connectivity index (χ1n) is 6.53. The van der Waals surface area contributed by atoms with E-state index in [9.17, 15) is 4.79 Å². The molecule has 0 radical (unpaired) electrons. The standard InChI is InChI=1S/C13H26N2O/c1-5-15(11(3)16)10(2)13(8-9-14-4)12-6-7-12/h10,12-14H,5-9H2,1-4H3. The zero-order valence-corrected chi connectivity index (χ0v) is 11.1. The van der Waals surface area contributed by atoms with Crippen LogP contribution in [-0.4, -0.2) is 37.0 Å². The van der Waals surface area contributed by atoms with Crippen LogP contribution in [0.15, 0.2) is 0 Å². The highest BCUT2D eigenvalue weighted by Crippen LogP contribution is 2.41. The Morgan fingerprint density at radius 1 is 1.50 bits per heavy atom. The average Bonchev–Trinajstić information content (AvgIpc) is 3.03. The number of nitrogens with one attached hydrogen (secondary N) is 1. The van der Waals surface area contributed by atoms with Gasteiger partial charge in [0.2, 0.25) is 5.91 Å². The number of carbonyl (C=O) groups is 1. The molecular weight excluding hydrogens is 200 g/mol. The highest BCUT2D eigenvalue weighted by atomic mass is 16.2. The third-order valence-corrected chi connectivity index (χ3v) is 3.81. The largest absolute Gasteiger partial charge is 0.340 e. The van der Waals surface area contributed by atoms with Crippen molar-refractivity contribution < 1.29 is 4.79 Å². The molecule has 2 unspecified atom stereocenters. The van der Waals surface area contributed by atoms with E-state index in [1.54, 1.807) is 6.92 Å². The summed E-state index contributed by atoms with van der Waals surface area (Å²) in [7, 11) is 2.00. The minimum absolute atomic E-state index is 0.213. The van der Waals surface area contributed by atoms with Crippen LogP contribution < -0.4 is 5.32 Å². The average molecular weight is 226 g/mol. The SMILES string of the molecule is CCN(C(C)=O)C(C)C(CCNC)C1CC1.